The van der Waals surface area contributed by atoms with Crippen LogP contribution in [0.15, 0.2) is 56.9 Å². The molecule has 10 nitrogen and oxygen atoms in total. The zero-order valence-corrected chi connectivity index (χ0v) is 18.3. The highest BCUT2D eigenvalue weighted by atomic mass is 35.5. The van der Waals surface area contributed by atoms with E-state index in [0.29, 0.717) is 51.5 Å². The van der Waals surface area contributed by atoms with Gasteiger partial charge in [-0.3, -0.25) is 19.5 Å². The fraction of sp³-hybridized carbons (Fsp3) is 0.200. The number of aromatic nitrogens is 4. The Hall–Kier alpha value is -3.28. The third kappa shape index (κ3) is 4.64. The molecule has 0 N–H and O–H groups in total. The van der Waals surface area contributed by atoms with Gasteiger partial charge in [0.15, 0.2) is 5.16 Å². The molecule has 0 saturated heterocycles. The van der Waals surface area contributed by atoms with E-state index in [1.165, 1.54) is 28.5 Å². The van der Waals surface area contributed by atoms with Crippen molar-refractivity contribution in [2.24, 2.45) is 0 Å². The fourth-order valence-corrected chi connectivity index (χ4v) is 3.98. The molecule has 0 unspecified atom stereocenters. The van der Waals surface area contributed by atoms with Crippen molar-refractivity contribution in [2.75, 3.05) is 13.7 Å². The van der Waals surface area contributed by atoms with E-state index >= 15 is 0 Å². The molecule has 0 aliphatic rings. The third-order valence-corrected chi connectivity index (χ3v) is 5.73. The van der Waals surface area contributed by atoms with Gasteiger partial charge < -0.3 is 9.26 Å². The number of benzene rings is 2. The first kappa shape index (κ1) is 21.9. The van der Waals surface area contributed by atoms with Gasteiger partial charge in [-0.1, -0.05) is 28.5 Å². The van der Waals surface area contributed by atoms with Crippen LogP contribution in [0.3, 0.4) is 0 Å². The lowest BCUT2D eigenvalue weighted by atomic mass is 10.2. The predicted octanol–water partition coefficient (Wildman–Crippen LogP) is 3.95. The maximum atomic E-state index is 13.0. The van der Waals surface area contributed by atoms with Gasteiger partial charge in [-0.25, -0.2) is 4.98 Å². The van der Waals surface area contributed by atoms with Crippen LogP contribution in [-0.2, 0) is 17.0 Å². The Morgan fingerprint density at radius 3 is 2.72 bits per heavy atom. The number of hydrogen-bond donors (Lipinski definition) is 0. The Bertz CT molecular complexity index is 1340. The van der Waals surface area contributed by atoms with Gasteiger partial charge in [0.25, 0.3) is 11.2 Å². The van der Waals surface area contributed by atoms with Gasteiger partial charge in [0, 0.05) is 29.8 Å². The summed E-state index contributed by atoms with van der Waals surface area (Å²) in [6, 6.07) is 10.8. The second kappa shape index (κ2) is 9.47. The van der Waals surface area contributed by atoms with Crippen molar-refractivity contribution >= 4 is 40.0 Å². The Morgan fingerprint density at radius 2 is 2.00 bits per heavy atom. The minimum absolute atomic E-state index is 0.0236. The van der Waals surface area contributed by atoms with Crippen LogP contribution in [0.25, 0.3) is 22.3 Å². The monoisotopic (exact) mass is 473 g/mol. The molecular weight excluding hydrogens is 458 g/mol. The lowest BCUT2D eigenvalue weighted by Crippen LogP contribution is -2.25. The van der Waals surface area contributed by atoms with E-state index in [9.17, 15) is 14.9 Å². The number of rotatable bonds is 8. The molecule has 0 radical (unpaired) electrons. The van der Waals surface area contributed by atoms with Gasteiger partial charge in [-0.2, -0.15) is 4.98 Å². The molecule has 0 aliphatic heterocycles. The van der Waals surface area contributed by atoms with Gasteiger partial charge in [0.1, 0.15) is 0 Å². The molecule has 0 atom stereocenters. The minimum Gasteiger partial charge on any atom is -0.383 e. The van der Waals surface area contributed by atoms with Gasteiger partial charge in [0.2, 0.25) is 11.7 Å². The molecule has 4 rings (SSSR count). The number of halogens is 1. The molecule has 0 bridgehead atoms. The molecule has 12 heteroatoms. The summed E-state index contributed by atoms with van der Waals surface area (Å²) < 4.78 is 12.0. The number of nitrogens with zero attached hydrogens (tertiary/aromatic N) is 5. The van der Waals surface area contributed by atoms with Gasteiger partial charge >= 0.3 is 0 Å². The second-order valence-electron chi connectivity index (χ2n) is 6.61. The Morgan fingerprint density at radius 1 is 1.22 bits per heavy atom. The van der Waals surface area contributed by atoms with Crippen LogP contribution in [-0.4, -0.2) is 38.3 Å². The number of fused-ring (bicyclic) bond motifs is 1. The number of ether oxygens (including phenoxy) is 1. The van der Waals surface area contributed by atoms with Crippen LogP contribution in [0.4, 0.5) is 5.69 Å². The van der Waals surface area contributed by atoms with E-state index < -0.39 is 4.92 Å². The smallest absolute Gasteiger partial charge is 0.269 e. The number of methoxy groups -OCH3 is 1. The van der Waals surface area contributed by atoms with Crippen molar-refractivity contribution in [3.63, 3.8) is 0 Å². The largest absolute Gasteiger partial charge is 0.383 e. The lowest BCUT2D eigenvalue weighted by molar-refractivity contribution is -0.384. The van der Waals surface area contributed by atoms with Crippen LogP contribution in [0, 0.1) is 10.1 Å². The highest BCUT2D eigenvalue weighted by Gasteiger charge is 2.15. The molecule has 0 amide bonds. The van der Waals surface area contributed by atoms with Crippen LogP contribution in [0.5, 0.6) is 0 Å². The minimum atomic E-state index is -0.477. The zero-order chi connectivity index (χ0) is 22.7. The van der Waals surface area contributed by atoms with Crippen LogP contribution < -0.4 is 5.56 Å². The molecular formula is C20H16ClN5O5S. The number of non-ortho nitro benzene ring substituents is 1. The standard InChI is InChI=1S/C20H16ClN5O5S/c1-30-9-8-25-19(27)15-7-4-13(21)10-16(15)22-20(25)32-11-17-23-18(24-31-17)12-2-5-14(6-3-12)26(28)29/h2-7,10H,8-9,11H2,1H3. The molecule has 4 aromatic rings. The molecule has 32 heavy (non-hydrogen) atoms. The Balaban J connectivity index is 1.58. The Labute approximate surface area is 190 Å². The van der Waals surface area contributed by atoms with E-state index in [-0.39, 0.29) is 17.0 Å². The summed E-state index contributed by atoms with van der Waals surface area (Å²) in [4.78, 5) is 32.2. The van der Waals surface area contributed by atoms with Crippen molar-refractivity contribution in [1.29, 1.82) is 0 Å². The van der Waals surface area contributed by atoms with Crippen molar-refractivity contribution in [3.8, 4) is 11.4 Å². The average Bonchev–Trinajstić information content (AvgIpc) is 3.26. The second-order valence-corrected chi connectivity index (χ2v) is 7.99. The molecule has 0 aliphatic carbocycles. The third-order valence-electron chi connectivity index (χ3n) is 4.53. The highest BCUT2D eigenvalue weighted by molar-refractivity contribution is 7.98. The number of nitro benzene ring substituents is 1. The maximum Gasteiger partial charge on any atom is 0.269 e. The summed E-state index contributed by atoms with van der Waals surface area (Å²) in [5.41, 5.74) is 0.870. The first-order valence-electron chi connectivity index (χ1n) is 9.35. The molecule has 0 saturated carbocycles. The molecule has 2 heterocycles. The fourth-order valence-electron chi connectivity index (χ4n) is 2.95. The summed E-state index contributed by atoms with van der Waals surface area (Å²) >= 11 is 7.33. The van der Waals surface area contributed by atoms with Crippen molar-refractivity contribution in [3.05, 3.63) is 73.8 Å². The molecule has 0 fully saturated rings. The zero-order valence-electron chi connectivity index (χ0n) is 16.7. The molecule has 0 spiro atoms. The van der Waals surface area contributed by atoms with Gasteiger partial charge in [-0.05, 0) is 30.3 Å². The molecule has 2 aromatic carbocycles. The first-order chi connectivity index (χ1) is 15.5. The van der Waals surface area contributed by atoms with Crippen LogP contribution in [0.1, 0.15) is 5.89 Å². The van der Waals surface area contributed by atoms with Crippen molar-refractivity contribution in [1.82, 2.24) is 19.7 Å². The maximum absolute atomic E-state index is 13.0. The highest BCUT2D eigenvalue weighted by Crippen LogP contribution is 2.25. The van der Waals surface area contributed by atoms with Gasteiger partial charge in [0.05, 0.1) is 34.7 Å². The summed E-state index contributed by atoms with van der Waals surface area (Å²) in [6.07, 6.45) is 0. The summed E-state index contributed by atoms with van der Waals surface area (Å²) in [7, 11) is 1.56. The molecule has 2 aromatic heterocycles. The van der Waals surface area contributed by atoms with Crippen molar-refractivity contribution in [2.45, 2.75) is 17.5 Å². The summed E-state index contributed by atoms with van der Waals surface area (Å²) in [5.74, 6) is 0.901. The van der Waals surface area contributed by atoms with Gasteiger partial charge in [-0.15, -0.1) is 0 Å². The molecule has 164 valence electrons. The Kier molecular flexibility index (Phi) is 6.49. The van der Waals surface area contributed by atoms with Crippen LogP contribution >= 0.6 is 23.4 Å². The summed E-state index contributed by atoms with van der Waals surface area (Å²) in [6.45, 7) is 0.681. The number of hydrogen-bond acceptors (Lipinski definition) is 9. The van der Waals surface area contributed by atoms with E-state index in [0.717, 1.165) is 0 Å². The lowest BCUT2D eigenvalue weighted by Gasteiger charge is -2.12. The van der Waals surface area contributed by atoms with E-state index in [1.807, 2.05) is 0 Å². The predicted molar refractivity (Wildman–Crippen MR) is 119 cm³/mol. The van der Waals surface area contributed by atoms with Crippen molar-refractivity contribution < 1.29 is 14.2 Å². The quantitative estimate of drug-likeness (QED) is 0.162. The first-order valence-corrected chi connectivity index (χ1v) is 10.7. The van der Waals surface area contributed by atoms with E-state index in [2.05, 4.69) is 15.1 Å². The number of thioether (sulfide) groups is 1. The summed E-state index contributed by atoms with van der Waals surface area (Å²) in [5, 5.41) is 16.1. The topological polar surface area (TPSA) is 126 Å². The van der Waals surface area contributed by atoms with E-state index in [4.69, 9.17) is 20.9 Å². The average molecular weight is 474 g/mol. The normalized spacial score (nSPS) is 11.2. The van der Waals surface area contributed by atoms with E-state index in [1.54, 1.807) is 37.4 Å². The SMILES string of the molecule is COCCn1c(SCc2nc(-c3ccc([N+](=O)[O-])cc3)no2)nc2cc(Cl)ccc2c1=O. The number of nitro groups is 1. The van der Waals surface area contributed by atoms with Crippen LogP contribution in [0.2, 0.25) is 5.02 Å².